The normalized spacial score (nSPS) is 19.9. The first-order chi connectivity index (χ1) is 9.30. The van der Waals surface area contributed by atoms with Gasteiger partial charge in [-0.1, -0.05) is 11.6 Å². The third kappa shape index (κ3) is 3.50. The van der Waals surface area contributed by atoms with Crippen LogP contribution in [0.2, 0.25) is 5.02 Å². The fourth-order valence-electron chi connectivity index (χ4n) is 1.99. The second-order valence-corrected chi connectivity index (χ2v) is 9.13. The number of halogens is 2. The topological polar surface area (TPSA) is 54.5 Å². The molecule has 8 heteroatoms. The third-order valence-electron chi connectivity index (χ3n) is 3.00. The molecule has 20 heavy (non-hydrogen) atoms. The SMILES string of the molecule is CS(=O)(=O)C1CSCCN1C(=O)c1ccc(Cl)cc1Br. The lowest BCUT2D eigenvalue weighted by molar-refractivity contribution is 0.0748. The van der Waals surface area contributed by atoms with Crippen molar-refractivity contribution in [2.75, 3.05) is 24.3 Å². The van der Waals surface area contributed by atoms with Crippen LogP contribution in [0.4, 0.5) is 0 Å². The van der Waals surface area contributed by atoms with Crippen LogP contribution in [0, 0.1) is 0 Å². The van der Waals surface area contributed by atoms with E-state index in [0.717, 1.165) is 5.75 Å². The highest BCUT2D eigenvalue weighted by Gasteiger charge is 2.35. The quantitative estimate of drug-likeness (QED) is 0.768. The van der Waals surface area contributed by atoms with E-state index in [1.807, 2.05) is 0 Å². The maximum absolute atomic E-state index is 12.6. The Morgan fingerprint density at radius 2 is 2.20 bits per heavy atom. The van der Waals surface area contributed by atoms with Crippen molar-refractivity contribution in [1.29, 1.82) is 0 Å². The van der Waals surface area contributed by atoms with Gasteiger partial charge in [0, 0.05) is 33.8 Å². The van der Waals surface area contributed by atoms with Crippen molar-refractivity contribution in [2.24, 2.45) is 0 Å². The molecule has 2 rings (SSSR count). The highest BCUT2D eigenvalue weighted by molar-refractivity contribution is 9.10. The zero-order valence-electron chi connectivity index (χ0n) is 10.7. The Kier molecular flexibility index (Phi) is 5.05. The van der Waals surface area contributed by atoms with Gasteiger partial charge >= 0.3 is 0 Å². The van der Waals surface area contributed by atoms with Crippen molar-refractivity contribution in [2.45, 2.75) is 5.37 Å². The van der Waals surface area contributed by atoms with Gasteiger partial charge in [-0.25, -0.2) is 8.42 Å². The standard InChI is InChI=1S/C12H13BrClNO3S2/c1-20(17,18)11-7-19-5-4-15(11)12(16)9-3-2-8(14)6-10(9)13/h2-3,6,11H,4-5,7H2,1H3. The molecule has 0 aliphatic carbocycles. The largest absolute Gasteiger partial charge is 0.320 e. The molecular formula is C12H13BrClNO3S2. The number of rotatable bonds is 2. The van der Waals surface area contributed by atoms with Gasteiger partial charge in [-0.15, -0.1) is 0 Å². The molecule has 1 fully saturated rings. The molecule has 1 unspecified atom stereocenters. The monoisotopic (exact) mass is 397 g/mol. The summed E-state index contributed by atoms with van der Waals surface area (Å²) < 4.78 is 24.2. The molecule has 0 bridgehead atoms. The highest BCUT2D eigenvalue weighted by atomic mass is 79.9. The number of amides is 1. The van der Waals surface area contributed by atoms with Gasteiger partial charge in [-0.05, 0) is 34.1 Å². The fraction of sp³-hybridized carbons (Fsp3) is 0.417. The zero-order chi connectivity index (χ0) is 14.9. The number of nitrogens with zero attached hydrogens (tertiary/aromatic N) is 1. The number of sulfone groups is 1. The molecule has 1 amide bonds. The average molecular weight is 399 g/mol. The zero-order valence-corrected chi connectivity index (χ0v) is 14.7. The Morgan fingerprint density at radius 1 is 1.50 bits per heavy atom. The summed E-state index contributed by atoms with van der Waals surface area (Å²) in [5, 5.41) is -0.251. The number of hydrogen-bond acceptors (Lipinski definition) is 4. The first kappa shape index (κ1) is 16.1. The molecule has 110 valence electrons. The number of hydrogen-bond donors (Lipinski definition) is 0. The van der Waals surface area contributed by atoms with Crippen LogP contribution in [0.1, 0.15) is 10.4 Å². The van der Waals surface area contributed by atoms with Crippen molar-refractivity contribution in [3.8, 4) is 0 Å². The number of carbonyl (C=O) groups is 1. The lowest BCUT2D eigenvalue weighted by Gasteiger charge is -2.34. The van der Waals surface area contributed by atoms with Gasteiger partial charge in [0.1, 0.15) is 5.37 Å². The van der Waals surface area contributed by atoms with Crippen molar-refractivity contribution in [3.63, 3.8) is 0 Å². The number of thioether (sulfide) groups is 1. The minimum atomic E-state index is -3.31. The first-order valence-corrected chi connectivity index (χ1v) is 10.1. The van der Waals surface area contributed by atoms with Crippen molar-refractivity contribution in [3.05, 3.63) is 33.3 Å². The summed E-state index contributed by atoms with van der Waals surface area (Å²) in [5.74, 6) is 0.864. The predicted molar refractivity (Wildman–Crippen MR) is 86.1 cm³/mol. The van der Waals surface area contributed by atoms with Gasteiger partial charge in [0.2, 0.25) is 0 Å². The van der Waals surface area contributed by atoms with Crippen LogP contribution in [0.3, 0.4) is 0 Å². The van der Waals surface area contributed by atoms with E-state index >= 15 is 0 Å². The van der Waals surface area contributed by atoms with E-state index in [9.17, 15) is 13.2 Å². The minimum Gasteiger partial charge on any atom is -0.320 e. The van der Waals surface area contributed by atoms with E-state index in [1.165, 1.54) is 11.2 Å². The summed E-state index contributed by atoms with van der Waals surface area (Å²) in [6.07, 6.45) is 1.17. The van der Waals surface area contributed by atoms with Crippen LogP contribution >= 0.6 is 39.3 Å². The summed E-state index contributed by atoms with van der Waals surface area (Å²) in [4.78, 5) is 14.0. The van der Waals surface area contributed by atoms with E-state index < -0.39 is 15.2 Å². The Balaban J connectivity index is 2.35. The van der Waals surface area contributed by atoms with Crippen molar-refractivity contribution >= 4 is 55.0 Å². The van der Waals surface area contributed by atoms with Gasteiger partial charge in [0.25, 0.3) is 5.91 Å². The molecule has 1 heterocycles. The molecule has 4 nitrogen and oxygen atoms in total. The minimum absolute atomic E-state index is 0.288. The molecule has 1 aromatic rings. The molecule has 0 N–H and O–H groups in total. The Bertz CT molecular complexity index is 636. The van der Waals surface area contributed by atoms with Gasteiger partial charge in [-0.2, -0.15) is 11.8 Å². The van der Waals surface area contributed by atoms with E-state index in [-0.39, 0.29) is 5.91 Å². The molecule has 1 atom stereocenters. The van der Waals surface area contributed by atoms with E-state index in [4.69, 9.17) is 11.6 Å². The highest BCUT2D eigenvalue weighted by Crippen LogP contribution is 2.27. The van der Waals surface area contributed by atoms with Crippen LogP contribution in [0.25, 0.3) is 0 Å². The smallest absolute Gasteiger partial charge is 0.256 e. The molecule has 1 saturated heterocycles. The van der Waals surface area contributed by atoms with Gasteiger partial charge in [-0.3, -0.25) is 4.79 Å². The number of carbonyl (C=O) groups excluding carboxylic acids is 1. The van der Waals surface area contributed by atoms with Gasteiger partial charge in [0.15, 0.2) is 9.84 Å². The summed E-state index contributed by atoms with van der Waals surface area (Å²) in [6.45, 7) is 0.427. The fourth-order valence-corrected chi connectivity index (χ4v) is 5.65. The summed E-state index contributed by atoms with van der Waals surface area (Å²) >= 11 is 10.7. The van der Waals surface area contributed by atoms with Crippen LogP contribution in [0.5, 0.6) is 0 Å². The molecule has 1 aliphatic rings. The Labute approximate surface area is 135 Å². The molecule has 0 spiro atoms. The molecule has 1 aliphatic heterocycles. The Morgan fingerprint density at radius 3 is 2.80 bits per heavy atom. The van der Waals surface area contributed by atoms with Crippen LogP contribution in [-0.4, -0.2) is 48.9 Å². The summed E-state index contributed by atoms with van der Waals surface area (Å²) in [7, 11) is -3.31. The first-order valence-electron chi connectivity index (χ1n) is 5.83. The third-order valence-corrected chi connectivity index (χ3v) is 6.54. The van der Waals surface area contributed by atoms with E-state index in [1.54, 1.807) is 30.0 Å². The maximum Gasteiger partial charge on any atom is 0.256 e. The summed E-state index contributed by atoms with van der Waals surface area (Å²) in [5.41, 5.74) is 0.426. The van der Waals surface area contributed by atoms with E-state index in [0.29, 0.717) is 27.4 Å². The second kappa shape index (κ2) is 6.25. The average Bonchev–Trinajstić information content (AvgIpc) is 2.37. The van der Waals surface area contributed by atoms with Crippen molar-refractivity contribution in [1.82, 2.24) is 4.90 Å². The maximum atomic E-state index is 12.6. The molecular weight excluding hydrogens is 386 g/mol. The lowest BCUT2D eigenvalue weighted by Crippen LogP contribution is -2.50. The predicted octanol–water partition coefficient (Wildman–Crippen LogP) is 2.66. The molecule has 0 saturated carbocycles. The van der Waals surface area contributed by atoms with Crippen LogP contribution in [0.15, 0.2) is 22.7 Å². The summed E-state index contributed by atoms with van der Waals surface area (Å²) in [6, 6.07) is 4.85. The molecule has 0 radical (unpaired) electrons. The lowest BCUT2D eigenvalue weighted by atomic mass is 10.2. The van der Waals surface area contributed by atoms with Crippen LogP contribution in [-0.2, 0) is 9.84 Å². The molecule has 1 aromatic carbocycles. The number of benzene rings is 1. The molecule has 0 aromatic heterocycles. The van der Waals surface area contributed by atoms with Gasteiger partial charge in [0.05, 0.1) is 5.56 Å². The second-order valence-electron chi connectivity index (χ2n) is 4.48. The van der Waals surface area contributed by atoms with E-state index in [2.05, 4.69) is 15.9 Å². The van der Waals surface area contributed by atoms with Gasteiger partial charge < -0.3 is 4.90 Å². The Hall–Kier alpha value is -0.240. The van der Waals surface area contributed by atoms with Crippen LogP contribution < -0.4 is 0 Å². The van der Waals surface area contributed by atoms with Crippen molar-refractivity contribution < 1.29 is 13.2 Å².